The van der Waals surface area contributed by atoms with E-state index >= 15 is 0 Å². The van der Waals surface area contributed by atoms with Gasteiger partial charge in [0.05, 0.1) is 0 Å². The second kappa shape index (κ2) is 11.6. The van der Waals surface area contributed by atoms with Crippen molar-refractivity contribution in [1.82, 2.24) is 0 Å². The number of carbonyl (C=O) groups is 2. The summed E-state index contributed by atoms with van der Waals surface area (Å²) in [6, 6.07) is 0. The molecule has 0 aliphatic carbocycles. The molecule has 0 bridgehead atoms. The van der Waals surface area contributed by atoms with Crippen molar-refractivity contribution in [2.24, 2.45) is 0 Å². The summed E-state index contributed by atoms with van der Waals surface area (Å²) in [5.41, 5.74) is 0. The van der Waals surface area contributed by atoms with Crippen molar-refractivity contribution in [2.45, 2.75) is 0 Å². The van der Waals surface area contributed by atoms with E-state index in [0.29, 0.717) is 12.2 Å². The van der Waals surface area contributed by atoms with E-state index in [-0.39, 0.29) is 59.1 Å². The van der Waals surface area contributed by atoms with Crippen LogP contribution in [0.1, 0.15) is 0 Å². The fraction of sp³-hybridized carbons (Fsp3) is 0. The quantitative estimate of drug-likeness (QED) is 0.236. The van der Waals surface area contributed by atoms with Crippen LogP contribution in [0.25, 0.3) is 0 Å². The van der Waals surface area contributed by atoms with Gasteiger partial charge in [0.1, 0.15) is 0 Å². The van der Waals surface area contributed by atoms with Crippen molar-refractivity contribution in [3.63, 3.8) is 0 Å². The summed E-state index contributed by atoms with van der Waals surface area (Å²) in [6.07, 6.45) is 1.16. The Hall–Kier alpha value is 0.600. The predicted molar refractivity (Wildman–Crippen MR) is 40.9 cm³/mol. The van der Waals surface area contributed by atoms with Crippen LogP contribution in [0.5, 0.6) is 0 Å². The Labute approximate surface area is 112 Å². The zero-order valence-electron chi connectivity index (χ0n) is 4.68. The minimum absolute atomic E-state index is 0. The first-order chi connectivity index (χ1) is 4.70. The van der Waals surface area contributed by atoms with Gasteiger partial charge in [-0.2, -0.15) is 10.5 Å². The SMILES string of the molecule is O=C(/C=C\C(=O)OO)OO.[NaH].[NaH]. The van der Waals surface area contributed by atoms with Crippen LogP contribution in [0.2, 0.25) is 0 Å². The molecule has 0 unspecified atom stereocenters. The van der Waals surface area contributed by atoms with Crippen LogP contribution in [0.15, 0.2) is 12.2 Å². The topological polar surface area (TPSA) is 93.1 Å². The van der Waals surface area contributed by atoms with Crippen molar-refractivity contribution in [3.8, 4) is 0 Å². The first-order valence-electron chi connectivity index (χ1n) is 2.09. The van der Waals surface area contributed by atoms with Crippen LogP contribution in [0.4, 0.5) is 0 Å². The molecular formula is C4H6Na2O6. The predicted octanol–water partition coefficient (Wildman–Crippen LogP) is -1.72. The fourth-order valence-corrected chi connectivity index (χ4v) is 0.197. The van der Waals surface area contributed by atoms with E-state index in [9.17, 15) is 9.59 Å². The third-order valence-electron chi connectivity index (χ3n) is 0.535. The molecule has 6 nitrogen and oxygen atoms in total. The minimum atomic E-state index is -1.13. The maximum absolute atomic E-state index is 9.98. The Morgan fingerprint density at radius 2 is 1.17 bits per heavy atom. The molecular weight excluding hydrogens is 190 g/mol. The first kappa shape index (κ1) is 18.4. The number of carbonyl (C=O) groups excluding carboxylic acids is 2. The standard InChI is InChI=1S/C4H4O6.2Na.2H/c5-3(9-7)1-2-4(6)10-8;;;;/h1-2,7-8H;;;;/b2-1-;;;;. The van der Waals surface area contributed by atoms with Crippen molar-refractivity contribution in [2.75, 3.05) is 0 Å². The van der Waals surface area contributed by atoms with Crippen LogP contribution < -0.4 is 0 Å². The Kier molecular flexibility index (Phi) is 17.8. The number of hydrogen-bond donors (Lipinski definition) is 2. The van der Waals surface area contributed by atoms with E-state index in [2.05, 4.69) is 9.78 Å². The van der Waals surface area contributed by atoms with Gasteiger partial charge < -0.3 is 0 Å². The van der Waals surface area contributed by atoms with Gasteiger partial charge >= 0.3 is 71.1 Å². The number of rotatable bonds is 2. The molecule has 0 aliphatic heterocycles. The average Bonchev–Trinajstić information content (AvgIpc) is 1.99. The molecule has 0 aliphatic rings. The van der Waals surface area contributed by atoms with Gasteiger partial charge in [-0.25, -0.2) is 9.59 Å². The molecule has 8 heteroatoms. The van der Waals surface area contributed by atoms with E-state index in [1.54, 1.807) is 0 Å². The van der Waals surface area contributed by atoms with Crippen LogP contribution in [0.3, 0.4) is 0 Å². The van der Waals surface area contributed by atoms with Crippen LogP contribution in [0, 0.1) is 0 Å². The van der Waals surface area contributed by atoms with Crippen molar-refractivity contribution < 1.29 is 29.9 Å². The van der Waals surface area contributed by atoms with Gasteiger partial charge in [-0.05, 0) is 0 Å². The van der Waals surface area contributed by atoms with Gasteiger partial charge in [0, 0.05) is 12.2 Å². The van der Waals surface area contributed by atoms with E-state index < -0.39 is 11.9 Å². The Balaban J connectivity index is -0.000000405. The molecule has 2 N–H and O–H groups in total. The molecule has 0 saturated carbocycles. The Morgan fingerprint density at radius 1 is 0.917 bits per heavy atom. The summed E-state index contributed by atoms with van der Waals surface area (Å²) in [6.45, 7) is 0. The monoisotopic (exact) mass is 196 g/mol. The van der Waals surface area contributed by atoms with Gasteiger partial charge in [-0.1, -0.05) is 0 Å². The Morgan fingerprint density at radius 3 is 1.33 bits per heavy atom. The molecule has 0 atom stereocenters. The molecule has 0 aromatic heterocycles. The first-order valence-corrected chi connectivity index (χ1v) is 2.09. The second-order valence-electron chi connectivity index (χ2n) is 1.15. The molecule has 0 aromatic rings. The zero-order valence-corrected chi connectivity index (χ0v) is 4.68. The molecule has 12 heavy (non-hydrogen) atoms. The van der Waals surface area contributed by atoms with Crippen molar-refractivity contribution >= 4 is 71.1 Å². The Bertz CT molecular complexity index is 149. The summed E-state index contributed by atoms with van der Waals surface area (Å²) in [4.78, 5) is 26.2. The molecule has 0 fully saturated rings. The summed E-state index contributed by atoms with van der Waals surface area (Å²) in [5.74, 6) is -2.27. The summed E-state index contributed by atoms with van der Waals surface area (Å²) < 4.78 is 0. The molecule has 60 valence electrons. The summed E-state index contributed by atoms with van der Waals surface area (Å²) in [7, 11) is 0. The molecule has 0 saturated heterocycles. The molecule has 0 spiro atoms. The third kappa shape index (κ3) is 10.6. The normalized spacial score (nSPS) is 7.83. The zero-order chi connectivity index (χ0) is 7.98. The second-order valence-corrected chi connectivity index (χ2v) is 1.15. The van der Waals surface area contributed by atoms with Gasteiger partial charge in [-0.15, -0.1) is 0 Å². The van der Waals surface area contributed by atoms with Crippen molar-refractivity contribution in [1.29, 1.82) is 0 Å². The van der Waals surface area contributed by atoms with E-state index in [0.717, 1.165) is 0 Å². The summed E-state index contributed by atoms with van der Waals surface area (Å²) in [5, 5.41) is 15.2. The molecule has 0 amide bonds. The van der Waals surface area contributed by atoms with Gasteiger partial charge in [0.25, 0.3) is 0 Å². The summed E-state index contributed by atoms with van der Waals surface area (Å²) >= 11 is 0. The molecule has 0 rings (SSSR count). The fourth-order valence-electron chi connectivity index (χ4n) is 0.197. The van der Waals surface area contributed by atoms with Crippen LogP contribution >= 0.6 is 0 Å². The maximum atomic E-state index is 9.98. The van der Waals surface area contributed by atoms with Crippen LogP contribution in [-0.4, -0.2) is 81.6 Å². The van der Waals surface area contributed by atoms with E-state index in [1.165, 1.54) is 0 Å². The van der Waals surface area contributed by atoms with E-state index in [1.807, 2.05) is 0 Å². The molecule has 0 heterocycles. The van der Waals surface area contributed by atoms with Gasteiger partial charge in [0.15, 0.2) is 0 Å². The van der Waals surface area contributed by atoms with Crippen molar-refractivity contribution in [3.05, 3.63) is 12.2 Å². The average molecular weight is 196 g/mol. The van der Waals surface area contributed by atoms with Gasteiger partial charge in [-0.3, -0.25) is 9.78 Å². The van der Waals surface area contributed by atoms with E-state index in [4.69, 9.17) is 10.5 Å². The third-order valence-corrected chi connectivity index (χ3v) is 0.535. The number of hydrogen-bond acceptors (Lipinski definition) is 6. The molecule has 0 radical (unpaired) electrons. The molecule has 0 aromatic carbocycles. The van der Waals surface area contributed by atoms with Gasteiger partial charge in [0.2, 0.25) is 0 Å². The van der Waals surface area contributed by atoms with Crippen LogP contribution in [-0.2, 0) is 19.4 Å².